The monoisotopic (exact) mass is 292 g/mol. The number of rotatable bonds is 4. The van der Waals surface area contributed by atoms with Gasteiger partial charge in [-0.3, -0.25) is 4.79 Å². The second-order valence-electron chi connectivity index (χ2n) is 5.53. The van der Waals surface area contributed by atoms with E-state index in [-0.39, 0.29) is 30.2 Å². The molecule has 5 unspecified atom stereocenters. The third-order valence-corrected chi connectivity index (χ3v) is 3.97. The van der Waals surface area contributed by atoms with E-state index in [2.05, 4.69) is 0 Å². The predicted octanol–water partition coefficient (Wildman–Crippen LogP) is 2.07. The summed E-state index contributed by atoms with van der Waals surface area (Å²) >= 11 is 0. The highest BCUT2D eigenvalue weighted by atomic mass is 16.7. The van der Waals surface area contributed by atoms with Crippen LogP contribution in [0.4, 0.5) is 0 Å². The first kappa shape index (κ1) is 14.5. The average molecular weight is 292 g/mol. The molecule has 0 radical (unpaired) electrons. The molecule has 2 saturated heterocycles. The molecule has 0 amide bonds. The third kappa shape index (κ3) is 2.95. The lowest BCUT2D eigenvalue weighted by molar-refractivity contribution is -0.158. The van der Waals surface area contributed by atoms with Crippen LogP contribution in [0.3, 0.4) is 0 Å². The minimum atomic E-state index is -0.495. The zero-order valence-electron chi connectivity index (χ0n) is 12.2. The van der Waals surface area contributed by atoms with Crippen LogP contribution >= 0.6 is 0 Å². The van der Waals surface area contributed by atoms with Gasteiger partial charge in [0.05, 0.1) is 12.7 Å². The summed E-state index contributed by atoms with van der Waals surface area (Å²) in [5.74, 6) is -0.640. The number of hydrogen-bond donors (Lipinski definition) is 0. The maximum atomic E-state index is 12.1. The predicted molar refractivity (Wildman–Crippen MR) is 74.5 cm³/mol. The summed E-state index contributed by atoms with van der Waals surface area (Å²) in [6, 6.07) is 9.78. The molecular weight excluding hydrogens is 272 g/mol. The molecule has 0 saturated carbocycles. The van der Waals surface area contributed by atoms with E-state index in [0.29, 0.717) is 13.0 Å². The van der Waals surface area contributed by atoms with Crippen molar-refractivity contribution in [1.29, 1.82) is 0 Å². The van der Waals surface area contributed by atoms with Gasteiger partial charge in [-0.1, -0.05) is 30.3 Å². The number of benzene rings is 1. The Bertz CT molecular complexity index is 489. The molecule has 0 spiro atoms. The molecule has 2 fully saturated rings. The summed E-state index contributed by atoms with van der Waals surface area (Å²) < 4.78 is 22.2. The summed E-state index contributed by atoms with van der Waals surface area (Å²) in [5, 5.41) is 0. The summed E-state index contributed by atoms with van der Waals surface area (Å²) in [4.78, 5) is 12.1. The second-order valence-corrected chi connectivity index (χ2v) is 5.53. The lowest BCUT2D eigenvalue weighted by atomic mass is 9.97. The molecule has 0 aromatic heterocycles. The van der Waals surface area contributed by atoms with Crippen molar-refractivity contribution in [3.8, 4) is 0 Å². The van der Waals surface area contributed by atoms with Crippen LogP contribution < -0.4 is 0 Å². The van der Waals surface area contributed by atoms with Crippen LogP contribution in [-0.4, -0.2) is 38.2 Å². The minimum Gasteiger partial charge on any atom is -0.459 e. The summed E-state index contributed by atoms with van der Waals surface area (Å²) in [5.41, 5.74) is 1.00. The molecule has 0 bridgehead atoms. The summed E-state index contributed by atoms with van der Waals surface area (Å²) in [6.07, 6.45) is -0.499. The molecule has 3 rings (SSSR count). The zero-order chi connectivity index (χ0) is 14.8. The van der Waals surface area contributed by atoms with Crippen molar-refractivity contribution in [3.63, 3.8) is 0 Å². The molecule has 5 nitrogen and oxygen atoms in total. The SMILES string of the molecule is COC(c1ccccc1)C1CC(C2OCC(C)O2)C(=O)O1. The van der Waals surface area contributed by atoms with Gasteiger partial charge in [0.25, 0.3) is 0 Å². The van der Waals surface area contributed by atoms with E-state index in [0.717, 1.165) is 5.56 Å². The molecule has 5 atom stereocenters. The Morgan fingerprint density at radius 3 is 2.67 bits per heavy atom. The molecule has 21 heavy (non-hydrogen) atoms. The maximum Gasteiger partial charge on any atom is 0.314 e. The fourth-order valence-corrected chi connectivity index (χ4v) is 2.93. The van der Waals surface area contributed by atoms with Crippen LogP contribution in [0.5, 0.6) is 0 Å². The highest BCUT2D eigenvalue weighted by molar-refractivity contribution is 5.75. The van der Waals surface area contributed by atoms with Gasteiger partial charge in [0.2, 0.25) is 0 Å². The number of esters is 1. The fraction of sp³-hybridized carbons (Fsp3) is 0.562. The van der Waals surface area contributed by atoms with Gasteiger partial charge in [-0.25, -0.2) is 0 Å². The Kier molecular flexibility index (Phi) is 4.24. The number of methoxy groups -OCH3 is 1. The van der Waals surface area contributed by atoms with E-state index in [1.165, 1.54) is 0 Å². The van der Waals surface area contributed by atoms with Crippen molar-refractivity contribution in [3.05, 3.63) is 35.9 Å². The van der Waals surface area contributed by atoms with E-state index in [4.69, 9.17) is 18.9 Å². The maximum absolute atomic E-state index is 12.1. The Morgan fingerprint density at radius 2 is 2.05 bits per heavy atom. The molecular formula is C16H20O5. The number of carbonyl (C=O) groups is 1. The molecule has 114 valence electrons. The van der Waals surface area contributed by atoms with Crippen molar-refractivity contribution < 1.29 is 23.7 Å². The number of ether oxygens (including phenoxy) is 4. The molecule has 2 heterocycles. The Morgan fingerprint density at radius 1 is 1.29 bits per heavy atom. The number of cyclic esters (lactones) is 1. The van der Waals surface area contributed by atoms with Crippen molar-refractivity contribution in [2.24, 2.45) is 5.92 Å². The zero-order valence-corrected chi connectivity index (χ0v) is 12.2. The van der Waals surface area contributed by atoms with Crippen molar-refractivity contribution in [2.75, 3.05) is 13.7 Å². The van der Waals surface area contributed by atoms with Gasteiger partial charge < -0.3 is 18.9 Å². The van der Waals surface area contributed by atoms with Crippen LogP contribution in [0.2, 0.25) is 0 Å². The number of hydrogen-bond acceptors (Lipinski definition) is 5. The minimum absolute atomic E-state index is 0.0224. The van der Waals surface area contributed by atoms with Crippen LogP contribution in [0.15, 0.2) is 30.3 Å². The first-order valence-corrected chi connectivity index (χ1v) is 7.24. The normalized spacial score (nSPS) is 33.9. The Labute approximate surface area is 124 Å². The average Bonchev–Trinajstić information content (AvgIpc) is 3.07. The molecule has 0 N–H and O–H groups in total. The molecule has 2 aliphatic rings. The van der Waals surface area contributed by atoms with Crippen molar-refractivity contribution in [1.82, 2.24) is 0 Å². The van der Waals surface area contributed by atoms with E-state index in [9.17, 15) is 4.79 Å². The van der Waals surface area contributed by atoms with Crippen molar-refractivity contribution >= 4 is 5.97 Å². The van der Waals surface area contributed by atoms with E-state index < -0.39 is 6.29 Å². The molecule has 0 aliphatic carbocycles. The standard InChI is InChI=1S/C16H20O5/c1-10-9-19-16(20-10)12-8-13(21-15(12)17)14(18-2)11-6-4-3-5-7-11/h3-7,10,12-14,16H,8-9H2,1-2H3. The third-order valence-electron chi connectivity index (χ3n) is 3.97. The van der Waals surface area contributed by atoms with Gasteiger partial charge in [-0.05, 0) is 12.5 Å². The van der Waals surface area contributed by atoms with Crippen LogP contribution in [0.1, 0.15) is 25.0 Å². The van der Waals surface area contributed by atoms with Crippen LogP contribution in [0.25, 0.3) is 0 Å². The largest absolute Gasteiger partial charge is 0.459 e. The first-order chi connectivity index (χ1) is 10.2. The van der Waals surface area contributed by atoms with Gasteiger partial charge in [-0.2, -0.15) is 0 Å². The van der Waals surface area contributed by atoms with Gasteiger partial charge in [0, 0.05) is 13.5 Å². The lowest BCUT2D eigenvalue weighted by Crippen LogP contribution is -2.26. The van der Waals surface area contributed by atoms with Gasteiger partial charge >= 0.3 is 5.97 Å². The summed E-state index contributed by atoms with van der Waals surface area (Å²) in [7, 11) is 1.63. The Balaban J connectivity index is 1.71. The Hall–Kier alpha value is -1.43. The van der Waals surface area contributed by atoms with Crippen molar-refractivity contribution in [2.45, 2.75) is 37.9 Å². The first-order valence-electron chi connectivity index (χ1n) is 7.24. The fourth-order valence-electron chi connectivity index (χ4n) is 2.93. The molecule has 5 heteroatoms. The highest BCUT2D eigenvalue weighted by Gasteiger charge is 2.46. The molecule has 1 aromatic carbocycles. The smallest absolute Gasteiger partial charge is 0.314 e. The topological polar surface area (TPSA) is 54.0 Å². The van der Waals surface area contributed by atoms with Crippen LogP contribution in [-0.2, 0) is 23.7 Å². The number of carbonyl (C=O) groups excluding carboxylic acids is 1. The summed E-state index contributed by atoms with van der Waals surface area (Å²) in [6.45, 7) is 2.45. The molecule has 2 aliphatic heterocycles. The van der Waals surface area contributed by atoms with Crippen LogP contribution in [0, 0.1) is 5.92 Å². The second kappa shape index (κ2) is 6.13. The lowest BCUT2D eigenvalue weighted by Gasteiger charge is -2.21. The molecule has 1 aromatic rings. The van der Waals surface area contributed by atoms with E-state index in [1.54, 1.807) is 7.11 Å². The van der Waals surface area contributed by atoms with Gasteiger partial charge in [0.15, 0.2) is 6.29 Å². The van der Waals surface area contributed by atoms with Gasteiger partial charge in [0.1, 0.15) is 18.1 Å². The van der Waals surface area contributed by atoms with E-state index >= 15 is 0 Å². The van der Waals surface area contributed by atoms with E-state index in [1.807, 2.05) is 37.3 Å². The quantitative estimate of drug-likeness (QED) is 0.795. The highest BCUT2D eigenvalue weighted by Crippen LogP contribution is 2.36. The van der Waals surface area contributed by atoms with Gasteiger partial charge in [-0.15, -0.1) is 0 Å².